The van der Waals surface area contributed by atoms with Crippen molar-refractivity contribution >= 4 is 17.6 Å². The molecule has 24 heavy (non-hydrogen) atoms. The van der Waals surface area contributed by atoms with Gasteiger partial charge in [0.05, 0.1) is 7.11 Å². The number of ketones is 1. The van der Waals surface area contributed by atoms with Crippen molar-refractivity contribution in [2.24, 2.45) is 5.73 Å². The number of Topliss-reactive ketones (excluding diaryl/α,β-unsaturated/α-hetero) is 1. The predicted molar refractivity (Wildman–Crippen MR) is 85.1 cm³/mol. The van der Waals surface area contributed by atoms with E-state index in [1.165, 1.54) is 24.1 Å². The molecule has 1 aliphatic heterocycles. The molecule has 2 amide bonds. The molecular formula is C17H21FN2O4. The molecule has 7 heteroatoms. The first-order valence-corrected chi connectivity index (χ1v) is 7.76. The van der Waals surface area contributed by atoms with Crippen LogP contribution in [0.5, 0.6) is 5.75 Å². The van der Waals surface area contributed by atoms with Gasteiger partial charge in [-0.3, -0.25) is 14.4 Å². The number of hydrogen-bond acceptors (Lipinski definition) is 4. The summed E-state index contributed by atoms with van der Waals surface area (Å²) in [6, 6.07) is 3.92. The molecule has 2 rings (SSSR count). The molecule has 2 N–H and O–H groups in total. The summed E-state index contributed by atoms with van der Waals surface area (Å²) in [4.78, 5) is 37.5. The zero-order chi connectivity index (χ0) is 17.9. The van der Waals surface area contributed by atoms with Gasteiger partial charge in [-0.25, -0.2) is 4.39 Å². The summed E-state index contributed by atoms with van der Waals surface area (Å²) in [5.74, 6) is -1.76. The molecule has 1 aromatic carbocycles. The standard InChI is InChI=1S/C17H21FN2O4/c1-17(16(19)23)8-3-9-20(17)15(22)7-5-13(21)11-4-6-14(24-2)12(18)10-11/h4,6,10H,3,5,7-9H2,1-2H3,(H2,19,23)/t17-/m0/s1. The van der Waals surface area contributed by atoms with Gasteiger partial charge in [0.1, 0.15) is 5.54 Å². The second-order valence-corrected chi connectivity index (χ2v) is 6.06. The molecule has 1 aliphatic rings. The van der Waals surface area contributed by atoms with Crippen LogP contribution in [0.4, 0.5) is 4.39 Å². The molecule has 6 nitrogen and oxygen atoms in total. The Labute approximate surface area is 139 Å². The largest absolute Gasteiger partial charge is 0.494 e. The number of halogens is 1. The van der Waals surface area contributed by atoms with Gasteiger partial charge in [-0.1, -0.05) is 0 Å². The van der Waals surface area contributed by atoms with Gasteiger partial charge in [-0.05, 0) is 38.0 Å². The highest BCUT2D eigenvalue weighted by molar-refractivity contribution is 5.98. The van der Waals surface area contributed by atoms with Crippen molar-refractivity contribution in [3.8, 4) is 5.75 Å². The van der Waals surface area contributed by atoms with E-state index in [-0.39, 0.29) is 35.8 Å². The van der Waals surface area contributed by atoms with Crippen LogP contribution < -0.4 is 10.5 Å². The third kappa shape index (κ3) is 3.39. The van der Waals surface area contributed by atoms with Crippen molar-refractivity contribution in [3.05, 3.63) is 29.6 Å². The fraction of sp³-hybridized carbons (Fsp3) is 0.471. The minimum Gasteiger partial charge on any atom is -0.494 e. The highest BCUT2D eigenvalue weighted by Gasteiger charge is 2.44. The maximum atomic E-state index is 13.6. The molecule has 1 saturated heterocycles. The first-order valence-electron chi connectivity index (χ1n) is 7.76. The normalized spacial score (nSPS) is 20.0. The van der Waals surface area contributed by atoms with Crippen LogP contribution >= 0.6 is 0 Å². The van der Waals surface area contributed by atoms with E-state index in [9.17, 15) is 18.8 Å². The Morgan fingerprint density at radius 3 is 2.62 bits per heavy atom. The molecule has 0 spiro atoms. The molecule has 1 heterocycles. The van der Waals surface area contributed by atoms with Crippen LogP contribution in [0.15, 0.2) is 18.2 Å². The first kappa shape index (κ1) is 17.9. The summed E-state index contributed by atoms with van der Waals surface area (Å²) >= 11 is 0. The van der Waals surface area contributed by atoms with Crippen LogP contribution in [0.2, 0.25) is 0 Å². The van der Waals surface area contributed by atoms with E-state index < -0.39 is 17.3 Å². The zero-order valence-corrected chi connectivity index (χ0v) is 13.8. The van der Waals surface area contributed by atoms with Crippen LogP contribution in [-0.4, -0.2) is 41.7 Å². The molecule has 0 bridgehead atoms. The summed E-state index contributed by atoms with van der Waals surface area (Å²) < 4.78 is 18.4. The third-order valence-corrected chi connectivity index (χ3v) is 4.51. The van der Waals surface area contributed by atoms with Crippen LogP contribution in [0.25, 0.3) is 0 Å². The number of benzene rings is 1. The lowest BCUT2D eigenvalue weighted by atomic mass is 9.97. The Kier molecular flexibility index (Phi) is 5.21. The van der Waals surface area contributed by atoms with Gasteiger partial charge in [-0.2, -0.15) is 0 Å². The van der Waals surface area contributed by atoms with Gasteiger partial charge in [0.2, 0.25) is 11.8 Å². The molecule has 1 atom stereocenters. The summed E-state index contributed by atoms with van der Waals surface area (Å²) in [5.41, 5.74) is 4.58. The van der Waals surface area contributed by atoms with Crippen LogP contribution in [-0.2, 0) is 9.59 Å². The van der Waals surface area contributed by atoms with Crippen molar-refractivity contribution in [2.45, 2.75) is 38.1 Å². The van der Waals surface area contributed by atoms with Gasteiger partial charge in [-0.15, -0.1) is 0 Å². The Bertz CT molecular complexity index is 677. The minimum absolute atomic E-state index is 0.0463. The molecule has 1 fully saturated rings. The second-order valence-electron chi connectivity index (χ2n) is 6.06. The molecule has 130 valence electrons. The maximum Gasteiger partial charge on any atom is 0.243 e. The number of ether oxygens (including phenoxy) is 1. The van der Waals surface area contributed by atoms with Gasteiger partial charge < -0.3 is 15.4 Å². The van der Waals surface area contributed by atoms with E-state index >= 15 is 0 Å². The first-order chi connectivity index (χ1) is 11.3. The third-order valence-electron chi connectivity index (χ3n) is 4.51. The fourth-order valence-electron chi connectivity index (χ4n) is 2.96. The second kappa shape index (κ2) is 6.98. The maximum absolute atomic E-state index is 13.6. The van der Waals surface area contributed by atoms with E-state index in [0.29, 0.717) is 19.4 Å². The topological polar surface area (TPSA) is 89.7 Å². The van der Waals surface area contributed by atoms with E-state index in [2.05, 4.69) is 0 Å². The summed E-state index contributed by atoms with van der Waals surface area (Å²) in [6.07, 6.45) is 1.11. The van der Waals surface area contributed by atoms with Crippen LogP contribution in [0.3, 0.4) is 0 Å². The fourth-order valence-corrected chi connectivity index (χ4v) is 2.96. The van der Waals surface area contributed by atoms with Crippen molar-refractivity contribution in [3.63, 3.8) is 0 Å². The average Bonchev–Trinajstić information content (AvgIpc) is 2.95. The molecular weight excluding hydrogens is 315 g/mol. The van der Waals surface area contributed by atoms with Gasteiger partial charge >= 0.3 is 0 Å². The Morgan fingerprint density at radius 1 is 1.33 bits per heavy atom. The minimum atomic E-state index is -0.994. The van der Waals surface area contributed by atoms with E-state index in [1.807, 2.05) is 0 Å². The highest BCUT2D eigenvalue weighted by atomic mass is 19.1. The van der Waals surface area contributed by atoms with Gasteiger partial charge in [0.25, 0.3) is 0 Å². The number of likely N-dealkylation sites (tertiary alicyclic amines) is 1. The number of nitrogens with zero attached hydrogens (tertiary/aromatic N) is 1. The monoisotopic (exact) mass is 336 g/mol. The highest BCUT2D eigenvalue weighted by Crippen LogP contribution is 2.29. The molecule has 1 aromatic rings. The molecule has 0 aliphatic carbocycles. The van der Waals surface area contributed by atoms with Crippen molar-refractivity contribution in [1.29, 1.82) is 0 Å². The lowest BCUT2D eigenvalue weighted by Crippen LogP contribution is -2.53. The van der Waals surface area contributed by atoms with Crippen molar-refractivity contribution < 1.29 is 23.5 Å². The number of carbonyl (C=O) groups is 3. The number of amides is 2. The quantitative estimate of drug-likeness (QED) is 0.800. The number of methoxy groups -OCH3 is 1. The van der Waals surface area contributed by atoms with Crippen LogP contribution in [0, 0.1) is 5.82 Å². The number of primary amides is 1. The van der Waals surface area contributed by atoms with E-state index in [1.54, 1.807) is 6.92 Å². The summed E-state index contributed by atoms with van der Waals surface area (Å²) in [6.45, 7) is 2.09. The predicted octanol–water partition coefficient (Wildman–Crippen LogP) is 1.66. The molecule has 0 aromatic heterocycles. The molecule has 0 unspecified atom stereocenters. The SMILES string of the molecule is COc1ccc(C(=O)CCC(=O)N2CCC[C@@]2(C)C(N)=O)cc1F. The Hall–Kier alpha value is -2.44. The zero-order valence-electron chi connectivity index (χ0n) is 13.8. The number of rotatable bonds is 6. The van der Waals surface area contributed by atoms with Crippen LogP contribution in [0.1, 0.15) is 43.0 Å². The number of carbonyl (C=O) groups excluding carboxylic acids is 3. The number of nitrogens with two attached hydrogens (primary N) is 1. The summed E-state index contributed by atoms with van der Waals surface area (Å²) in [7, 11) is 1.34. The van der Waals surface area contributed by atoms with Gasteiger partial charge in [0, 0.05) is 24.9 Å². The van der Waals surface area contributed by atoms with Gasteiger partial charge in [0.15, 0.2) is 17.3 Å². The summed E-state index contributed by atoms with van der Waals surface area (Å²) in [5, 5.41) is 0. The lowest BCUT2D eigenvalue weighted by Gasteiger charge is -2.32. The average molecular weight is 336 g/mol. The number of hydrogen-bond donors (Lipinski definition) is 1. The Morgan fingerprint density at radius 2 is 2.04 bits per heavy atom. The van der Waals surface area contributed by atoms with E-state index in [0.717, 1.165) is 6.07 Å². The van der Waals surface area contributed by atoms with Crippen molar-refractivity contribution in [1.82, 2.24) is 4.90 Å². The van der Waals surface area contributed by atoms with Crippen molar-refractivity contribution in [2.75, 3.05) is 13.7 Å². The smallest absolute Gasteiger partial charge is 0.243 e. The molecule has 0 radical (unpaired) electrons. The Balaban J connectivity index is 2.00. The molecule has 0 saturated carbocycles. The van der Waals surface area contributed by atoms with E-state index in [4.69, 9.17) is 10.5 Å². The lowest BCUT2D eigenvalue weighted by molar-refractivity contribution is -0.142.